The number of fused-ring (bicyclic) bond motifs is 1. The van der Waals surface area contributed by atoms with Crippen LogP contribution in [-0.4, -0.2) is 20.7 Å². The predicted molar refractivity (Wildman–Crippen MR) is 81.7 cm³/mol. The molecule has 0 atom stereocenters. The molecule has 0 aliphatic carbocycles. The van der Waals surface area contributed by atoms with Crippen molar-refractivity contribution < 1.29 is 4.52 Å². The number of nitrogens with zero attached hydrogens (tertiary/aromatic N) is 3. The molecule has 0 saturated heterocycles. The molecule has 0 spiro atoms. The highest BCUT2D eigenvalue weighted by Gasteiger charge is 2.18. The average Bonchev–Trinajstić information content (AvgIpc) is 2.85. The Kier molecular flexibility index (Phi) is 3.22. The summed E-state index contributed by atoms with van der Waals surface area (Å²) in [6, 6.07) is 9.99. The molecule has 3 rings (SSSR count). The van der Waals surface area contributed by atoms with E-state index < -0.39 is 0 Å². The van der Waals surface area contributed by atoms with E-state index in [9.17, 15) is 0 Å². The Morgan fingerprint density at radius 3 is 2.71 bits per heavy atom. The van der Waals surface area contributed by atoms with Gasteiger partial charge in [-0.3, -0.25) is 0 Å². The minimum atomic E-state index is -0.378. The molecule has 2 heterocycles. The standard InChI is InChI=1S/C16H18N4O/c1-10-8-13(18-12-7-5-4-6-11(10)12)15-19-14(21-20-15)9-16(2,3)17/h4-8H,9,17H2,1-3H3. The monoisotopic (exact) mass is 282 g/mol. The van der Waals surface area contributed by atoms with E-state index in [2.05, 4.69) is 28.1 Å². The van der Waals surface area contributed by atoms with Crippen molar-refractivity contribution in [2.45, 2.75) is 32.7 Å². The van der Waals surface area contributed by atoms with Gasteiger partial charge in [-0.25, -0.2) is 4.98 Å². The Bertz CT molecular complexity index is 786. The van der Waals surface area contributed by atoms with Gasteiger partial charge in [0.25, 0.3) is 0 Å². The molecule has 0 bridgehead atoms. The fraction of sp³-hybridized carbons (Fsp3) is 0.312. The number of aromatic nitrogens is 3. The minimum absolute atomic E-state index is 0.378. The maximum Gasteiger partial charge on any atom is 0.228 e. The number of hydrogen-bond donors (Lipinski definition) is 1. The maximum atomic E-state index is 5.97. The third-order valence-electron chi connectivity index (χ3n) is 3.23. The zero-order valence-electron chi connectivity index (χ0n) is 12.4. The smallest absolute Gasteiger partial charge is 0.228 e. The van der Waals surface area contributed by atoms with E-state index in [1.807, 2.05) is 38.1 Å². The summed E-state index contributed by atoms with van der Waals surface area (Å²) in [5.74, 6) is 1.04. The first-order valence-electron chi connectivity index (χ1n) is 6.91. The Balaban J connectivity index is 2.01. The Morgan fingerprint density at radius 2 is 1.95 bits per heavy atom. The highest BCUT2D eigenvalue weighted by atomic mass is 16.5. The Labute approximate surface area is 123 Å². The summed E-state index contributed by atoms with van der Waals surface area (Å²) in [6.07, 6.45) is 0.534. The van der Waals surface area contributed by atoms with Crippen LogP contribution in [-0.2, 0) is 6.42 Å². The highest BCUT2D eigenvalue weighted by molar-refractivity contribution is 5.84. The van der Waals surface area contributed by atoms with Gasteiger partial charge in [0.15, 0.2) is 0 Å². The Morgan fingerprint density at radius 1 is 1.19 bits per heavy atom. The fourth-order valence-electron chi connectivity index (χ4n) is 2.28. The number of pyridine rings is 1. The van der Waals surface area contributed by atoms with Gasteiger partial charge < -0.3 is 10.3 Å². The molecule has 2 aromatic heterocycles. The second kappa shape index (κ2) is 4.93. The predicted octanol–water partition coefficient (Wildman–Crippen LogP) is 2.87. The first kappa shape index (κ1) is 13.7. The van der Waals surface area contributed by atoms with Gasteiger partial charge in [0.1, 0.15) is 5.69 Å². The van der Waals surface area contributed by atoms with E-state index >= 15 is 0 Å². The molecule has 2 N–H and O–H groups in total. The van der Waals surface area contributed by atoms with Gasteiger partial charge >= 0.3 is 0 Å². The fourth-order valence-corrected chi connectivity index (χ4v) is 2.28. The first-order chi connectivity index (χ1) is 9.92. The van der Waals surface area contributed by atoms with Crippen molar-refractivity contribution in [3.05, 3.63) is 41.8 Å². The molecule has 0 saturated carbocycles. The van der Waals surface area contributed by atoms with Gasteiger partial charge in [-0.1, -0.05) is 23.4 Å². The second-order valence-electron chi connectivity index (χ2n) is 6.02. The Hall–Kier alpha value is -2.27. The van der Waals surface area contributed by atoms with E-state index in [-0.39, 0.29) is 5.54 Å². The topological polar surface area (TPSA) is 77.8 Å². The lowest BCUT2D eigenvalue weighted by Gasteiger charge is -2.14. The molecule has 5 nitrogen and oxygen atoms in total. The highest BCUT2D eigenvalue weighted by Crippen LogP contribution is 2.22. The summed E-state index contributed by atoms with van der Waals surface area (Å²) < 4.78 is 5.27. The van der Waals surface area contributed by atoms with E-state index in [1.54, 1.807) is 0 Å². The van der Waals surface area contributed by atoms with Crippen LogP contribution in [0.15, 0.2) is 34.9 Å². The van der Waals surface area contributed by atoms with Crippen LogP contribution in [0.1, 0.15) is 25.3 Å². The van der Waals surface area contributed by atoms with Gasteiger partial charge in [0, 0.05) is 17.3 Å². The summed E-state index contributed by atoms with van der Waals surface area (Å²) in [6.45, 7) is 5.90. The lowest BCUT2D eigenvalue weighted by Crippen LogP contribution is -2.34. The van der Waals surface area contributed by atoms with Crippen LogP contribution in [0.4, 0.5) is 0 Å². The first-order valence-corrected chi connectivity index (χ1v) is 6.91. The number of para-hydroxylation sites is 1. The van der Waals surface area contributed by atoms with Crippen LogP contribution in [0, 0.1) is 6.92 Å². The van der Waals surface area contributed by atoms with Crippen molar-refractivity contribution in [1.82, 2.24) is 15.1 Å². The molecule has 108 valence electrons. The van der Waals surface area contributed by atoms with Crippen molar-refractivity contribution in [2.24, 2.45) is 5.73 Å². The number of hydrogen-bond acceptors (Lipinski definition) is 5. The molecule has 5 heteroatoms. The molecule has 3 aromatic rings. The van der Waals surface area contributed by atoms with Crippen molar-refractivity contribution in [2.75, 3.05) is 0 Å². The third kappa shape index (κ3) is 2.92. The zero-order chi connectivity index (χ0) is 15.0. The van der Waals surface area contributed by atoms with Crippen molar-refractivity contribution >= 4 is 10.9 Å². The third-order valence-corrected chi connectivity index (χ3v) is 3.23. The molecule has 0 aliphatic heterocycles. The van der Waals surface area contributed by atoms with Crippen LogP contribution in [0.2, 0.25) is 0 Å². The van der Waals surface area contributed by atoms with Gasteiger partial charge in [-0.2, -0.15) is 4.98 Å². The van der Waals surface area contributed by atoms with Crippen LogP contribution in [0.25, 0.3) is 22.4 Å². The van der Waals surface area contributed by atoms with Gasteiger partial charge in [-0.05, 0) is 38.5 Å². The lowest BCUT2D eigenvalue weighted by molar-refractivity contribution is 0.348. The maximum absolute atomic E-state index is 5.97. The van der Waals surface area contributed by atoms with Crippen LogP contribution in [0.3, 0.4) is 0 Å². The van der Waals surface area contributed by atoms with Crippen LogP contribution >= 0.6 is 0 Å². The van der Waals surface area contributed by atoms with Crippen LogP contribution < -0.4 is 5.73 Å². The van der Waals surface area contributed by atoms with Gasteiger partial charge in [0.2, 0.25) is 11.7 Å². The second-order valence-corrected chi connectivity index (χ2v) is 6.02. The van der Waals surface area contributed by atoms with Crippen molar-refractivity contribution in [3.63, 3.8) is 0 Å². The molecular weight excluding hydrogens is 264 g/mol. The molecule has 0 amide bonds. The molecule has 0 unspecified atom stereocenters. The number of aryl methyl sites for hydroxylation is 1. The minimum Gasteiger partial charge on any atom is -0.339 e. The number of nitrogens with two attached hydrogens (primary N) is 1. The molecule has 21 heavy (non-hydrogen) atoms. The molecule has 0 radical (unpaired) electrons. The summed E-state index contributed by atoms with van der Waals surface area (Å²) in [4.78, 5) is 8.99. The summed E-state index contributed by atoms with van der Waals surface area (Å²) in [7, 11) is 0. The average molecular weight is 282 g/mol. The van der Waals surface area contributed by atoms with Crippen LogP contribution in [0.5, 0.6) is 0 Å². The quantitative estimate of drug-likeness (QED) is 0.799. The SMILES string of the molecule is Cc1cc(-c2noc(CC(C)(C)N)n2)nc2ccccc12. The van der Waals surface area contributed by atoms with E-state index in [0.717, 1.165) is 22.2 Å². The summed E-state index contributed by atoms with van der Waals surface area (Å²) in [5, 5.41) is 5.15. The lowest BCUT2D eigenvalue weighted by atomic mass is 10.0. The number of rotatable bonds is 3. The van der Waals surface area contributed by atoms with Gasteiger partial charge in [-0.15, -0.1) is 0 Å². The molecule has 1 aromatic carbocycles. The van der Waals surface area contributed by atoms with Crippen molar-refractivity contribution in [3.8, 4) is 11.5 Å². The molecule has 0 aliphatic rings. The summed E-state index contributed by atoms with van der Waals surface area (Å²) >= 11 is 0. The molecular formula is C16H18N4O. The van der Waals surface area contributed by atoms with Gasteiger partial charge in [0.05, 0.1) is 5.52 Å². The summed E-state index contributed by atoms with van der Waals surface area (Å²) in [5.41, 5.74) is 8.38. The zero-order valence-corrected chi connectivity index (χ0v) is 12.4. The molecule has 0 fully saturated rings. The normalized spacial score (nSPS) is 12.0. The number of benzene rings is 1. The van der Waals surface area contributed by atoms with E-state index in [4.69, 9.17) is 10.3 Å². The van der Waals surface area contributed by atoms with E-state index in [0.29, 0.717) is 18.1 Å². The largest absolute Gasteiger partial charge is 0.339 e. The van der Waals surface area contributed by atoms with E-state index in [1.165, 1.54) is 0 Å². The van der Waals surface area contributed by atoms with Crippen molar-refractivity contribution in [1.29, 1.82) is 0 Å².